The second kappa shape index (κ2) is 6.00. The van der Waals surface area contributed by atoms with E-state index in [1.54, 1.807) is 6.92 Å². The van der Waals surface area contributed by atoms with Crippen molar-refractivity contribution >= 4 is 28.9 Å². The number of hydrogen-bond donors (Lipinski definition) is 2. The van der Waals surface area contributed by atoms with Gasteiger partial charge in [-0.2, -0.15) is 0 Å². The summed E-state index contributed by atoms with van der Waals surface area (Å²) in [5, 5.41) is 5.14. The maximum Gasteiger partial charge on any atom is 0.169 e. The van der Waals surface area contributed by atoms with Crippen LogP contribution in [0.2, 0.25) is 5.02 Å². The number of hydrogen-bond acceptors (Lipinski definition) is 3. The molecule has 2 rings (SSSR count). The molecular formula is C13H11ClF3N3. The molecular weight excluding hydrogens is 291 g/mol. The van der Waals surface area contributed by atoms with Crippen molar-refractivity contribution in [2.75, 3.05) is 17.2 Å². The quantitative estimate of drug-likeness (QED) is 0.882. The average Bonchev–Trinajstić information content (AvgIpc) is 2.39. The second-order valence-electron chi connectivity index (χ2n) is 3.90. The van der Waals surface area contributed by atoms with Gasteiger partial charge in [0.1, 0.15) is 5.82 Å². The highest BCUT2D eigenvalue weighted by atomic mass is 35.5. The van der Waals surface area contributed by atoms with Crippen LogP contribution < -0.4 is 10.6 Å². The molecule has 1 heterocycles. The Hall–Kier alpha value is -1.95. The minimum absolute atomic E-state index is 0.0699. The van der Waals surface area contributed by atoms with Crippen molar-refractivity contribution in [2.45, 2.75) is 6.92 Å². The summed E-state index contributed by atoms with van der Waals surface area (Å²) >= 11 is 5.82. The fourth-order valence-electron chi connectivity index (χ4n) is 1.58. The summed E-state index contributed by atoms with van der Waals surface area (Å²) < 4.78 is 40.7. The van der Waals surface area contributed by atoms with Crippen molar-refractivity contribution in [3.8, 4) is 0 Å². The molecule has 0 bridgehead atoms. The van der Waals surface area contributed by atoms with E-state index >= 15 is 0 Å². The van der Waals surface area contributed by atoms with Crippen LogP contribution >= 0.6 is 11.6 Å². The lowest BCUT2D eigenvalue weighted by molar-refractivity contribution is 0.579. The molecule has 2 aromatic rings. The van der Waals surface area contributed by atoms with Gasteiger partial charge in [0.05, 0.1) is 10.7 Å². The lowest BCUT2D eigenvalue weighted by Gasteiger charge is -2.12. The topological polar surface area (TPSA) is 37.0 Å². The summed E-state index contributed by atoms with van der Waals surface area (Å²) in [6.07, 6.45) is 0. The van der Waals surface area contributed by atoms with E-state index in [4.69, 9.17) is 11.6 Å². The van der Waals surface area contributed by atoms with Crippen LogP contribution in [0.4, 0.5) is 30.5 Å². The van der Waals surface area contributed by atoms with Crippen molar-refractivity contribution in [1.29, 1.82) is 0 Å². The third kappa shape index (κ3) is 2.96. The van der Waals surface area contributed by atoms with Crippen molar-refractivity contribution in [3.05, 3.63) is 46.7 Å². The molecule has 1 aromatic heterocycles. The fraction of sp³-hybridized carbons (Fsp3) is 0.154. The van der Waals surface area contributed by atoms with E-state index in [9.17, 15) is 13.2 Å². The smallest absolute Gasteiger partial charge is 0.169 e. The molecule has 0 saturated carbocycles. The lowest BCUT2D eigenvalue weighted by Crippen LogP contribution is -2.07. The van der Waals surface area contributed by atoms with Crippen molar-refractivity contribution < 1.29 is 13.2 Å². The molecule has 0 unspecified atom stereocenters. The Labute approximate surface area is 118 Å². The fourth-order valence-corrected chi connectivity index (χ4v) is 1.79. The zero-order valence-corrected chi connectivity index (χ0v) is 11.2. The molecule has 0 spiro atoms. The third-order valence-corrected chi connectivity index (χ3v) is 2.79. The average molecular weight is 302 g/mol. The third-order valence-electron chi connectivity index (χ3n) is 2.48. The van der Waals surface area contributed by atoms with Gasteiger partial charge in [0, 0.05) is 12.6 Å². The minimum atomic E-state index is -0.941. The normalized spacial score (nSPS) is 10.4. The van der Waals surface area contributed by atoms with Gasteiger partial charge >= 0.3 is 0 Å². The summed E-state index contributed by atoms with van der Waals surface area (Å²) in [6, 6.07) is 4.70. The number of anilines is 3. The molecule has 0 aliphatic rings. The first-order valence-electron chi connectivity index (χ1n) is 5.84. The highest BCUT2D eigenvalue weighted by Gasteiger charge is 2.14. The Balaban J connectivity index is 2.40. The number of para-hydroxylation sites is 1. The van der Waals surface area contributed by atoms with Crippen LogP contribution in [-0.2, 0) is 0 Å². The molecule has 1 aromatic carbocycles. The van der Waals surface area contributed by atoms with E-state index < -0.39 is 17.5 Å². The molecule has 0 fully saturated rings. The van der Waals surface area contributed by atoms with Gasteiger partial charge in [-0.1, -0.05) is 17.7 Å². The molecule has 3 nitrogen and oxygen atoms in total. The number of rotatable bonds is 4. The van der Waals surface area contributed by atoms with E-state index in [2.05, 4.69) is 15.6 Å². The maximum atomic E-state index is 13.7. The molecule has 7 heteroatoms. The highest BCUT2D eigenvalue weighted by Crippen LogP contribution is 2.29. The van der Waals surface area contributed by atoms with Gasteiger partial charge in [0.15, 0.2) is 23.3 Å². The molecule has 0 aliphatic heterocycles. The first-order valence-corrected chi connectivity index (χ1v) is 6.21. The van der Waals surface area contributed by atoms with E-state index in [1.165, 1.54) is 18.2 Å². The number of halogens is 4. The number of nitrogens with zero attached hydrogens (tertiary/aromatic N) is 1. The molecule has 0 saturated heterocycles. The lowest BCUT2D eigenvalue weighted by atomic mass is 10.3. The van der Waals surface area contributed by atoms with Gasteiger partial charge in [0.25, 0.3) is 0 Å². The van der Waals surface area contributed by atoms with Gasteiger partial charge in [0.2, 0.25) is 0 Å². The van der Waals surface area contributed by atoms with Crippen molar-refractivity contribution in [3.63, 3.8) is 0 Å². The molecule has 0 amide bonds. The van der Waals surface area contributed by atoms with E-state index in [-0.39, 0.29) is 22.3 Å². The highest BCUT2D eigenvalue weighted by molar-refractivity contribution is 6.33. The number of pyridine rings is 1. The van der Waals surface area contributed by atoms with Gasteiger partial charge < -0.3 is 10.6 Å². The van der Waals surface area contributed by atoms with E-state index in [1.807, 2.05) is 0 Å². The van der Waals surface area contributed by atoms with Gasteiger partial charge in [-0.3, -0.25) is 0 Å². The van der Waals surface area contributed by atoms with Crippen LogP contribution in [0.15, 0.2) is 24.3 Å². The monoisotopic (exact) mass is 301 g/mol. The summed E-state index contributed by atoms with van der Waals surface area (Å²) in [5.41, 5.74) is -0.116. The molecule has 0 aliphatic carbocycles. The Morgan fingerprint density at radius 2 is 1.80 bits per heavy atom. The molecule has 0 atom stereocenters. The summed E-state index contributed by atoms with van der Waals surface area (Å²) in [7, 11) is 0. The zero-order valence-electron chi connectivity index (χ0n) is 10.5. The van der Waals surface area contributed by atoms with Crippen LogP contribution in [0.3, 0.4) is 0 Å². The van der Waals surface area contributed by atoms with E-state index in [0.717, 1.165) is 0 Å². The summed E-state index contributed by atoms with van der Waals surface area (Å²) in [5.74, 6) is -2.86. The Morgan fingerprint density at radius 3 is 2.45 bits per heavy atom. The zero-order chi connectivity index (χ0) is 14.7. The Kier molecular flexibility index (Phi) is 4.34. The number of nitrogens with one attached hydrogen (secondary N) is 2. The summed E-state index contributed by atoms with van der Waals surface area (Å²) in [4.78, 5) is 3.74. The van der Waals surface area contributed by atoms with Crippen molar-refractivity contribution in [1.82, 2.24) is 4.98 Å². The standard InChI is InChI=1S/C13H11ClF3N3/c1-2-18-12-9(16)6-10(17)13(20-12)19-11-7(14)4-3-5-8(11)15/h3-6H,2H2,1H3,(H2,18,19,20). The minimum Gasteiger partial charge on any atom is -0.368 e. The first kappa shape index (κ1) is 14.5. The van der Waals surface area contributed by atoms with Gasteiger partial charge in [-0.05, 0) is 19.1 Å². The SMILES string of the molecule is CCNc1nc(Nc2c(F)cccc2Cl)c(F)cc1F. The van der Waals surface area contributed by atoms with Crippen molar-refractivity contribution in [2.24, 2.45) is 0 Å². The molecule has 0 radical (unpaired) electrons. The first-order chi connectivity index (χ1) is 9.52. The molecule has 106 valence electrons. The molecule has 20 heavy (non-hydrogen) atoms. The van der Waals surface area contributed by atoms with Crippen LogP contribution in [0, 0.1) is 17.5 Å². The molecule has 2 N–H and O–H groups in total. The van der Waals surface area contributed by atoms with Crippen LogP contribution in [0.1, 0.15) is 6.92 Å². The Morgan fingerprint density at radius 1 is 1.10 bits per heavy atom. The second-order valence-corrected chi connectivity index (χ2v) is 4.31. The van der Waals surface area contributed by atoms with Gasteiger partial charge in [-0.15, -0.1) is 0 Å². The van der Waals surface area contributed by atoms with Crippen LogP contribution in [-0.4, -0.2) is 11.5 Å². The predicted molar refractivity (Wildman–Crippen MR) is 73.0 cm³/mol. The maximum absolute atomic E-state index is 13.7. The van der Waals surface area contributed by atoms with E-state index in [0.29, 0.717) is 12.6 Å². The van der Waals surface area contributed by atoms with Crippen LogP contribution in [0.25, 0.3) is 0 Å². The van der Waals surface area contributed by atoms with Gasteiger partial charge in [-0.25, -0.2) is 18.2 Å². The largest absolute Gasteiger partial charge is 0.368 e. The Bertz CT molecular complexity index is 614. The summed E-state index contributed by atoms with van der Waals surface area (Å²) in [6.45, 7) is 2.15. The number of aromatic nitrogens is 1. The number of benzene rings is 1. The van der Waals surface area contributed by atoms with Crippen LogP contribution in [0.5, 0.6) is 0 Å². The predicted octanol–water partition coefficient (Wildman–Crippen LogP) is 4.33.